The molecule has 21 heavy (non-hydrogen) atoms. The Kier molecular flexibility index (Phi) is 3.84. The molecular formula is C10H12FN3O6S. The Morgan fingerprint density at radius 1 is 1.33 bits per heavy atom. The number of β-amino-alcohol motifs (C(OH)–C–C–N with tert-alkyl or cyclic N) is 2. The number of hydrogen-bond acceptors (Lipinski definition) is 7. The van der Waals surface area contributed by atoms with E-state index in [-0.39, 0.29) is 0 Å². The van der Waals surface area contributed by atoms with Gasteiger partial charge in [-0.2, -0.15) is 4.31 Å². The zero-order valence-electron chi connectivity index (χ0n) is 10.5. The number of rotatable bonds is 3. The molecule has 1 aromatic carbocycles. The molecule has 4 N–H and O–H groups in total. The highest BCUT2D eigenvalue weighted by Crippen LogP contribution is 2.31. The van der Waals surface area contributed by atoms with Crippen molar-refractivity contribution in [2.75, 3.05) is 18.8 Å². The molecule has 0 spiro atoms. The van der Waals surface area contributed by atoms with Crippen molar-refractivity contribution in [1.29, 1.82) is 0 Å². The zero-order valence-corrected chi connectivity index (χ0v) is 11.3. The van der Waals surface area contributed by atoms with Crippen molar-refractivity contribution in [3.05, 3.63) is 28.1 Å². The summed E-state index contributed by atoms with van der Waals surface area (Å²) in [7, 11) is -4.42. The molecular weight excluding hydrogens is 309 g/mol. The highest BCUT2D eigenvalue weighted by atomic mass is 32.2. The predicted octanol–water partition coefficient (Wildman–Crippen LogP) is -0.958. The van der Waals surface area contributed by atoms with Crippen LogP contribution in [0, 0.1) is 15.9 Å². The number of nitrogens with zero attached hydrogens (tertiary/aromatic N) is 2. The molecule has 0 bridgehead atoms. The van der Waals surface area contributed by atoms with E-state index in [1.54, 1.807) is 0 Å². The van der Waals surface area contributed by atoms with Crippen molar-refractivity contribution in [3.8, 4) is 0 Å². The molecule has 1 heterocycles. The number of nitrogens with two attached hydrogens (primary N) is 1. The molecule has 116 valence electrons. The van der Waals surface area contributed by atoms with Gasteiger partial charge in [-0.05, 0) is 0 Å². The van der Waals surface area contributed by atoms with E-state index in [1.807, 2.05) is 0 Å². The molecule has 1 saturated heterocycles. The molecule has 0 aliphatic carbocycles. The van der Waals surface area contributed by atoms with Gasteiger partial charge in [-0.3, -0.25) is 10.1 Å². The molecule has 1 aliphatic rings. The second-order valence-corrected chi connectivity index (χ2v) is 6.43. The van der Waals surface area contributed by atoms with Crippen LogP contribution < -0.4 is 5.73 Å². The van der Waals surface area contributed by atoms with Crippen LogP contribution in [0.4, 0.5) is 15.8 Å². The number of halogens is 1. The van der Waals surface area contributed by atoms with Gasteiger partial charge in [-0.15, -0.1) is 0 Å². The Morgan fingerprint density at radius 2 is 1.86 bits per heavy atom. The fourth-order valence-electron chi connectivity index (χ4n) is 2.04. The third-order valence-electron chi connectivity index (χ3n) is 3.09. The lowest BCUT2D eigenvalue weighted by Gasteiger charge is -2.17. The minimum atomic E-state index is -4.42. The molecule has 0 amide bonds. The van der Waals surface area contributed by atoms with Crippen LogP contribution in [-0.2, 0) is 10.0 Å². The van der Waals surface area contributed by atoms with E-state index in [2.05, 4.69) is 0 Å². The van der Waals surface area contributed by atoms with E-state index in [9.17, 15) is 33.1 Å². The number of nitrogen functional groups attached to an aromatic ring is 1. The zero-order chi connectivity index (χ0) is 15.9. The third-order valence-corrected chi connectivity index (χ3v) is 5.02. The molecule has 2 unspecified atom stereocenters. The number of aliphatic hydroxyl groups excluding tert-OH is 2. The quantitative estimate of drug-likeness (QED) is 0.369. The van der Waals surface area contributed by atoms with E-state index < -0.39 is 62.3 Å². The van der Waals surface area contributed by atoms with Crippen molar-refractivity contribution >= 4 is 21.4 Å². The Labute approximate surface area is 118 Å². The second-order valence-electron chi connectivity index (χ2n) is 4.56. The SMILES string of the molecule is Nc1cc([N+](=O)[O-])cc(F)c1S(=O)(=O)N1CC(O)C(O)C1. The average Bonchev–Trinajstić information content (AvgIpc) is 2.69. The topological polar surface area (TPSA) is 147 Å². The van der Waals surface area contributed by atoms with E-state index in [4.69, 9.17) is 5.73 Å². The largest absolute Gasteiger partial charge is 0.397 e. The first-order valence-corrected chi connectivity index (χ1v) is 7.18. The normalized spacial score (nSPS) is 23.4. The minimum Gasteiger partial charge on any atom is -0.397 e. The van der Waals surface area contributed by atoms with Gasteiger partial charge in [0.1, 0.15) is 4.90 Å². The maximum Gasteiger partial charge on any atom is 0.274 e. The maximum atomic E-state index is 13.9. The van der Waals surface area contributed by atoms with Gasteiger partial charge < -0.3 is 15.9 Å². The monoisotopic (exact) mass is 321 g/mol. The summed E-state index contributed by atoms with van der Waals surface area (Å²) in [5, 5.41) is 29.3. The van der Waals surface area contributed by atoms with Crippen molar-refractivity contribution in [1.82, 2.24) is 4.31 Å². The van der Waals surface area contributed by atoms with Crippen LogP contribution in [0.3, 0.4) is 0 Å². The van der Waals surface area contributed by atoms with Crippen LogP contribution in [0.2, 0.25) is 0 Å². The van der Waals surface area contributed by atoms with Crippen LogP contribution in [0.25, 0.3) is 0 Å². The van der Waals surface area contributed by atoms with Gasteiger partial charge in [0, 0.05) is 19.2 Å². The lowest BCUT2D eigenvalue weighted by atomic mass is 10.3. The van der Waals surface area contributed by atoms with Crippen molar-refractivity contribution < 1.29 is 27.9 Å². The summed E-state index contributed by atoms with van der Waals surface area (Å²) >= 11 is 0. The fraction of sp³-hybridized carbons (Fsp3) is 0.400. The number of sulfonamides is 1. The van der Waals surface area contributed by atoms with Crippen molar-refractivity contribution in [2.24, 2.45) is 0 Å². The van der Waals surface area contributed by atoms with Crippen LogP contribution >= 0.6 is 0 Å². The Hall–Kier alpha value is -1.82. The van der Waals surface area contributed by atoms with Crippen molar-refractivity contribution in [3.63, 3.8) is 0 Å². The number of nitro benzene ring substituents is 1. The van der Waals surface area contributed by atoms with Crippen LogP contribution in [-0.4, -0.2) is 53.2 Å². The van der Waals surface area contributed by atoms with Gasteiger partial charge in [-0.25, -0.2) is 12.8 Å². The van der Waals surface area contributed by atoms with E-state index in [0.717, 1.165) is 6.07 Å². The number of nitro groups is 1. The van der Waals surface area contributed by atoms with Gasteiger partial charge in [0.05, 0.1) is 28.9 Å². The summed E-state index contributed by atoms with van der Waals surface area (Å²) in [5.41, 5.74) is 4.12. The number of non-ortho nitro benzene ring substituents is 1. The standard InChI is InChI=1S/C10H12FN3O6S/c11-6-1-5(14(17)18)2-7(12)10(6)21(19,20)13-3-8(15)9(16)4-13/h1-2,8-9,15-16H,3-4,12H2. The molecule has 1 fully saturated rings. The highest BCUT2D eigenvalue weighted by molar-refractivity contribution is 7.89. The molecule has 11 heteroatoms. The number of benzene rings is 1. The van der Waals surface area contributed by atoms with E-state index in [0.29, 0.717) is 10.4 Å². The first-order valence-electron chi connectivity index (χ1n) is 5.74. The lowest BCUT2D eigenvalue weighted by Crippen LogP contribution is -2.31. The van der Waals surface area contributed by atoms with Crippen LogP contribution in [0.15, 0.2) is 17.0 Å². The molecule has 0 saturated carbocycles. The first-order chi connectivity index (χ1) is 9.64. The molecule has 1 aromatic rings. The summed E-state index contributed by atoms with van der Waals surface area (Å²) in [6.07, 6.45) is -2.58. The van der Waals surface area contributed by atoms with E-state index >= 15 is 0 Å². The Balaban J connectivity index is 2.49. The lowest BCUT2D eigenvalue weighted by molar-refractivity contribution is -0.385. The number of anilines is 1. The van der Waals surface area contributed by atoms with Crippen molar-refractivity contribution in [2.45, 2.75) is 17.1 Å². The highest BCUT2D eigenvalue weighted by Gasteiger charge is 2.40. The minimum absolute atomic E-state index is 0.417. The van der Waals surface area contributed by atoms with Gasteiger partial charge in [0.2, 0.25) is 10.0 Å². The summed E-state index contributed by atoms with van der Waals surface area (Å²) in [6, 6.07) is 1.19. The van der Waals surface area contributed by atoms with Gasteiger partial charge in [0.15, 0.2) is 5.82 Å². The Bertz CT molecular complexity index is 661. The summed E-state index contributed by atoms with van der Waals surface area (Å²) in [4.78, 5) is 8.75. The van der Waals surface area contributed by atoms with Crippen LogP contribution in [0.5, 0.6) is 0 Å². The molecule has 1 aliphatic heterocycles. The fourth-order valence-corrected chi connectivity index (χ4v) is 3.66. The summed E-state index contributed by atoms with van der Waals surface area (Å²) in [5.74, 6) is -1.36. The Morgan fingerprint density at radius 3 is 2.29 bits per heavy atom. The molecule has 2 rings (SSSR count). The maximum absolute atomic E-state index is 13.9. The van der Waals surface area contributed by atoms with Gasteiger partial charge in [0.25, 0.3) is 5.69 Å². The van der Waals surface area contributed by atoms with Gasteiger partial charge in [-0.1, -0.05) is 0 Å². The smallest absolute Gasteiger partial charge is 0.274 e. The summed E-state index contributed by atoms with van der Waals surface area (Å²) < 4.78 is 39.1. The predicted molar refractivity (Wildman–Crippen MR) is 68.2 cm³/mol. The number of aliphatic hydroxyl groups is 2. The van der Waals surface area contributed by atoms with E-state index in [1.165, 1.54) is 0 Å². The first kappa shape index (κ1) is 15.6. The van der Waals surface area contributed by atoms with Crippen LogP contribution in [0.1, 0.15) is 0 Å². The summed E-state index contributed by atoms with van der Waals surface area (Å²) in [6.45, 7) is -0.835. The number of hydrogen-bond donors (Lipinski definition) is 3. The molecule has 9 nitrogen and oxygen atoms in total. The molecule has 2 atom stereocenters. The molecule has 0 aromatic heterocycles. The average molecular weight is 321 g/mol. The van der Waals surface area contributed by atoms with Gasteiger partial charge >= 0.3 is 0 Å². The second kappa shape index (κ2) is 5.18. The molecule has 0 radical (unpaired) electrons. The third kappa shape index (κ3) is 2.68.